The van der Waals surface area contributed by atoms with Crippen LogP contribution in [0, 0.1) is 5.41 Å². The van der Waals surface area contributed by atoms with Crippen LogP contribution >= 0.6 is 0 Å². The average molecular weight is 288 g/mol. The number of ether oxygens (including phenoxy) is 1. The van der Waals surface area contributed by atoms with Crippen LogP contribution in [-0.4, -0.2) is 22.5 Å². The van der Waals surface area contributed by atoms with Gasteiger partial charge in [0.2, 0.25) is 0 Å². The minimum Gasteiger partial charge on any atom is -0.466 e. The summed E-state index contributed by atoms with van der Waals surface area (Å²) in [6.07, 6.45) is 2.52. The van der Waals surface area contributed by atoms with E-state index in [1.807, 2.05) is 27.0 Å². The summed E-state index contributed by atoms with van der Waals surface area (Å²) in [7, 11) is 0. The van der Waals surface area contributed by atoms with Crippen molar-refractivity contribution in [3.05, 3.63) is 29.6 Å². The summed E-state index contributed by atoms with van der Waals surface area (Å²) in [5.41, 5.74) is 2.56. The first-order chi connectivity index (χ1) is 9.83. The third-order valence-corrected chi connectivity index (χ3v) is 3.67. The van der Waals surface area contributed by atoms with E-state index in [0.717, 1.165) is 16.7 Å². The highest BCUT2D eigenvalue weighted by atomic mass is 16.5. The van der Waals surface area contributed by atoms with Crippen LogP contribution < -0.4 is 0 Å². The number of carbonyl (C=O) groups excluding carboxylic acids is 1. The second kappa shape index (κ2) is 5.88. The summed E-state index contributed by atoms with van der Waals surface area (Å²) >= 11 is 0. The number of H-pyrrole nitrogens is 1. The van der Waals surface area contributed by atoms with Crippen molar-refractivity contribution in [2.45, 2.75) is 47.0 Å². The number of carbonyl (C=O) groups is 1. The number of rotatable bonds is 5. The van der Waals surface area contributed by atoms with Gasteiger partial charge in [0.25, 0.3) is 0 Å². The number of nitrogens with one attached hydrogen (secondary N) is 1. The lowest BCUT2D eigenvalue weighted by atomic mass is 9.88. The number of pyridine rings is 1. The summed E-state index contributed by atoms with van der Waals surface area (Å²) in [5.74, 6) is 0.288. The zero-order valence-electron chi connectivity index (χ0n) is 13.5. The molecule has 0 aliphatic carbocycles. The maximum absolute atomic E-state index is 12.0. The highest BCUT2D eigenvalue weighted by Gasteiger charge is 2.30. The molecular formula is C17H24N2O2. The van der Waals surface area contributed by atoms with E-state index in [0.29, 0.717) is 18.9 Å². The Morgan fingerprint density at radius 1 is 1.38 bits per heavy atom. The molecule has 0 fully saturated rings. The molecule has 2 aromatic rings. The van der Waals surface area contributed by atoms with E-state index < -0.39 is 5.41 Å². The lowest BCUT2D eigenvalue weighted by molar-refractivity contribution is -0.153. The van der Waals surface area contributed by atoms with E-state index in [1.54, 1.807) is 0 Å². The summed E-state index contributed by atoms with van der Waals surface area (Å²) in [6, 6.07) is 4.24. The molecule has 0 amide bonds. The second-order valence-corrected chi connectivity index (χ2v) is 6.44. The van der Waals surface area contributed by atoms with Crippen LogP contribution in [0.25, 0.3) is 11.0 Å². The molecule has 2 heterocycles. The van der Waals surface area contributed by atoms with Gasteiger partial charge in [-0.2, -0.15) is 0 Å². The average Bonchev–Trinajstić information content (AvgIpc) is 2.78. The molecule has 4 heteroatoms. The van der Waals surface area contributed by atoms with Crippen molar-refractivity contribution < 1.29 is 9.53 Å². The zero-order valence-corrected chi connectivity index (χ0v) is 13.5. The van der Waals surface area contributed by atoms with Crippen LogP contribution in [0.5, 0.6) is 0 Å². The normalized spacial score (nSPS) is 12.1. The maximum Gasteiger partial charge on any atom is 0.311 e. The molecule has 21 heavy (non-hydrogen) atoms. The first kappa shape index (κ1) is 15.5. The number of nitrogens with zero attached hydrogens (tertiary/aromatic N) is 1. The van der Waals surface area contributed by atoms with Crippen molar-refractivity contribution in [3.8, 4) is 0 Å². The quantitative estimate of drug-likeness (QED) is 0.851. The standard InChI is InChI=1S/C17H24N2O2/c1-6-21-16(20)17(4,5)9-14-8-12-7-13(11(2)3)10-18-15(12)19-14/h7-8,10-11H,6,9H2,1-5H3,(H,18,19). The molecule has 1 N–H and O–H groups in total. The maximum atomic E-state index is 12.0. The fourth-order valence-electron chi connectivity index (χ4n) is 2.37. The van der Waals surface area contributed by atoms with Gasteiger partial charge in [-0.3, -0.25) is 4.79 Å². The monoisotopic (exact) mass is 288 g/mol. The molecule has 0 spiro atoms. The van der Waals surface area contributed by atoms with Gasteiger partial charge < -0.3 is 9.72 Å². The van der Waals surface area contributed by atoms with E-state index in [-0.39, 0.29) is 5.97 Å². The van der Waals surface area contributed by atoms with E-state index in [9.17, 15) is 4.79 Å². The highest BCUT2D eigenvalue weighted by molar-refractivity contribution is 5.79. The Morgan fingerprint density at radius 3 is 2.71 bits per heavy atom. The van der Waals surface area contributed by atoms with Gasteiger partial charge in [0.05, 0.1) is 12.0 Å². The lowest BCUT2D eigenvalue weighted by Gasteiger charge is -2.21. The van der Waals surface area contributed by atoms with Gasteiger partial charge in [-0.05, 0) is 44.4 Å². The fraction of sp³-hybridized carbons (Fsp3) is 0.529. The first-order valence-electron chi connectivity index (χ1n) is 7.48. The topological polar surface area (TPSA) is 55.0 Å². The smallest absolute Gasteiger partial charge is 0.311 e. The van der Waals surface area contributed by atoms with Crippen molar-refractivity contribution in [1.82, 2.24) is 9.97 Å². The van der Waals surface area contributed by atoms with Gasteiger partial charge in [0.1, 0.15) is 5.65 Å². The Morgan fingerprint density at radius 2 is 2.10 bits per heavy atom. The van der Waals surface area contributed by atoms with E-state index in [4.69, 9.17) is 4.74 Å². The molecule has 0 unspecified atom stereocenters. The van der Waals surface area contributed by atoms with Crippen molar-refractivity contribution in [2.24, 2.45) is 5.41 Å². The molecule has 0 saturated carbocycles. The third kappa shape index (κ3) is 3.43. The SMILES string of the molecule is CCOC(=O)C(C)(C)Cc1cc2cc(C(C)C)cnc2[nH]1. The zero-order chi connectivity index (χ0) is 15.6. The number of esters is 1. The Balaban J connectivity index is 2.25. The van der Waals surface area contributed by atoms with Crippen molar-refractivity contribution >= 4 is 17.0 Å². The van der Waals surface area contributed by atoms with Crippen LogP contribution in [0.2, 0.25) is 0 Å². The van der Waals surface area contributed by atoms with Crippen LogP contribution in [0.1, 0.15) is 51.8 Å². The molecule has 0 atom stereocenters. The van der Waals surface area contributed by atoms with Gasteiger partial charge in [0, 0.05) is 23.7 Å². The summed E-state index contributed by atoms with van der Waals surface area (Å²) in [4.78, 5) is 19.7. The van der Waals surface area contributed by atoms with Gasteiger partial charge in [-0.1, -0.05) is 13.8 Å². The molecule has 2 rings (SSSR count). The van der Waals surface area contributed by atoms with Gasteiger partial charge in [0.15, 0.2) is 0 Å². The van der Waals surface area contributed by atoms with Crippen LogP contribution in [0.15, 0.2) is 18.3 Å². The largest absolute Gasteiger partial charge is 0.466 e. The number of hydrogen-bond donors (Lipinski definition) is 1. The number of aromatic nitrogens is 2. The molecule has 0 radical (unpaired) electrons. The van der Waals surface area contributed by atoms with E-state index >= 15 is 0 Å². The molecule has 0 aromatic carbocycles. The van der Waals surface area contributed by atoms with Crippen molar-refractivity contribution in [3.63, 3.8) is 0 Å². The van der Waals surface area contributed by atoms with Gasteiger partial charge in [-0.15, -0.1) is 0 Å². The highest BCUT2D eigenvalue weighted by Crippen LogP contribution is 2.26. The van der Waals surface area contributed by atoms with Crippen molar-refractivity contribution in [1.29, 1.82) is 0 Å². The molecular weight excluding hydrogens is 264 g/mol. The fourth-order valence-corrected chi connectivity index (χ4v) is 2.37. The summed E-state index contributed by atoms with van der Waals surface area (Å²) < 4.78 is 5.14. The number of fused-ring (bicyclic) bond motifs is 1. The molecule has 2 aromatic heterocycles. The number of aromatic amines is 1. The molecule has 0 bridgehead atoms. The summed E-state index contributed by atoms with van der Waals surface area (Å²) in [6.45, 7) is 10.4. The molecule has 0 aliphatic heterocycles. The minimum atomic E-state index is -0.544. The van der Waals surface area contributed by atoms with Gasteiger partial charge in [-0.25, -0.2) is 4.98 Å². The van der Waals surface area contributed by atoms with Crippen LogP contribution in [0.3, 0.4) is 0 Å². The second-order valence-electron chi connectivity index (χ2n) is 6.44. The van der Waals surface area contributed by atoms with Crippen LogP contribution in [-0.2, 0) is 16.0 Å². The molecule has 0 saturated heterocycles. The Kier molecular flexibility index (Phi) is 4.35. The predicted molar refractivity (Wildman–Crippen MR) is 84.3 cm³/mol. The minimum absolute atomic E-state index is 0.167. The Labute approximate surface area is 125 Å². The molecule has 0 aliphatic rings. The van der Waals surface area contributed by atoms with Crippen molar-refractivity contribution in [2.75, 3.05) is 6.61 Å². The first-order valence-corrected chi connectivity index (χ1v) is 7.48. The predicted octanol–water partition coefficient (Wildman–Crippen LogP) is 3.82. The lowest BCUT2D eigenvalue weighted by Crippen LogP contribution is -2.29. The van der Waals surface area contributed by atoms with E-state index in [2.05, 4.69) is 35.9 Å². The van der Waals surface area contributed by atoms with Gasteiger partial charge >= 0.3 is 5.97 Å². The Hall–Kier alpha value is -1.84. The molecule has 114 valence electrons. The van der Waals surface area contributed by atoms with Crippen LogP contribution in [0.4, 0.5) is 0 Å². The number of hydrogen-bond acceptors (Lipinski definition) is 3. The third-order valence-electron chi connectivity index (χ3n) is 3.67. The Bertz CT molecular complexity index is 641. The van der Waals surface area contributed by atoms with E-state index in [1.165, 1.54) is 5.56 Å². The summed E-state index contributed by atoms with van der Waals surface area (Å²) in [5, 5.41) is 1.09. The molecule has 4 nitrogen and oxygen atoms in total.